The van der Waals surface area contributed by atoms with Crippen molar-refractivity contribution in [2.75, 3.05) is 31.3 Å². The lowest BCUT2D eigenvalue weighted by Crippen LogP contribution is -2.14. The van der Waals surface area contributed by atoms with Gasteiger partial charge in [-0.05, 0) is 63.3 Å². The number of hydrogen-bond donors (Lipinski definition) is 2. The summed E-state index contributed by atoms with van der Waals surface area (Å²) in [5, 5.41) is 6.42. The molecule has 0 fully saturated rings. The fourth-order valence-corrected chi connectivity index (χ4v) is 2.98. The van der Waals surface area contributed by atoms with Gasteiger partial charge in [-0.15, -0.1) is 0 Å². The molecule has 5 nitrogen and oxygen atoms in total. The standard InChI is InChI=1S/C23H26N4O/c1-27(2)16-8-12-18-9-6-7-13-20(18)25-22-17-24-15-14-21(22)26-23(28)19-10-4-3-5-11-19/h3-7,9-11,13-15,17,25H,8,12,16H2,1-2H3,(H,24,26,28). The van der Waals surface area contributed by atoms with Crippen LogP contribution in [-0.4, -0.2) is 36.4 Å². The van der Waals surface area contributed by atoms with Gasteiger partial charge in [0.25, 0.3) is 5.91 Å². The van der Waals surface area contributed by atoms with Gasteiger partial charge in [0.1, 0.15) is 0 Å². The molecule has 0 radical (unpaired) electrons. The molecule has 0 saturated heterocycles. The van der Waals surface area contributed by atoms with Crippen LogP contribution in [0.4, 0.5) is 17.1 Å². The number of rotatable bonds is 8. The molecule has 1 aromatic heterocycles. The highest BCUT2D eigenvalue weighted by molar-refractivity contribution is 6.06. The molecule has 0 aliphatic heterocycles. The van der Waals surface area contributed by atoms with Crippen LogP contribution in [0.15, 0.2) is 73.1 Å². The number of nitrogens with one attached hydrogen (secondary N) is 2. The molecule has 1 heterocycles. The first kappa shape index (κ1) is 19.6. The largest absolute Gasteiger partial charge is 0.352 e. The summed E-state index contributed by atoms with van der Waals surface area (Å²) in [5.41, 5.74) is 4.37. The number of aryl methyl sites for hydroxylation is 1. The van der Waals surface area contributed by atoms with E-state index in [2.05, 4.69) is 52.8 Å². The van der Waals surface area contributed by atoms with Crippen LogP contribution in [0.2, 0.25) is 0 Å². The summed E-state index contributed by atoms with van der Waals surface area (Å²) in [6.45, 7) is 1.04. The molecule has 2 N–H and O–H groups in total. The molecule has 2 aromatic carbocycles. The molecule has 0 bridgehead atoms. The van der Waals surface area contributed by atoms with Crippen LogP contribution in [-0.2, 0) is 6.42 Å². The minimum Gasteiger partial charge on any atom is -0.352 e. The van der Waals surface area contributed by atoms with Crippen molar-refractivity contribution in [2.45, 2.75) is 12.8 Å². The summed E-state index contributed by atoms with van der Waals surface area (Å²) in [6, 6.07) is 19.2. The molecule has 3 aromatic rings. The molecule has 0 aliphatic carbocycles. The molecule has 0 unspecified atom stereocenters. The fraction of sp³-hybridized carbons (Fsp3) is 0.217. The van der Waals surface area contributed by atoms with Crippen molar-refractivity contribution in [1.82, 2.24) is 9.88 Å². The van der Waals surface area contributed by atoms with E-state index < -0.39 is 0 Å². The number of amides is 1. The number of pyridine rings is 1. The number of benzene rings is 2. The molecule has 1 amide bonds. The smallest absolute Gasteiger partial charge is 0.255 e. The lowest BCUT2D eigenvalue weighted by Gasteiger charge is -2.16. The Morgan fingerprint density at radius 2 is 1.68 bits per heavy atom. The van der Waals surface area contributed by atoms with E-state index in [1.807, 2.05) is 24.3 Å². The van der Waals surface area contributed by atoms with Gasteiger partial charge in [-0.2, -0.15) is 0 Å². The third-order valence-electron chi connectivity index (χ3n) is 4.44. The monoisotopic (exact) mass is 374 g/mol. The molecular weight excluding hydrogens is 348 g/mol. The van der Waals surface area contributed by atoms with E-state index in [4.69, 9.17) is 0 Å². The zero-order valence-corrected chi connectivity index (χ0v) is 16.4. The Kier molecular flexibility index (Phi) is 6.76. The maximum absolute atomic E-state index is 12.5. The number of para-hydroxylation sites is 1. The van der Waals surface area contributed by atoms with Crippen LogP contribution in [0.3, 0.4) is 0 Å². The highest BCUT2D eigenvalue weighted by Crippen LogP contribution is 2.27. The van der Waals surface area contributed by atoms with Crippen LogP contribution in [0.5, 0.6) is 0 Å². The highest BCUT2D eigenvalue weighted by Gasteiger charge is 2.10. The minimum absolute atomic E-state index is 0.144. The number of aromatic nitrogens is 1. The number of hydrogen-bond acceptors (Lipinski definition) is 4. The Morgan fingerprint density at radius 3 is 2.46 bits per heavy atom. The van der Waals surface area contributed by atoms with Gasteiger partial charge in [-0.1, -0.05) is 36.4 Å². The molecule has 0 saturated carbocycles. The second-order valence-electron chi connectivity index (χ2n) is 6.93. The Morgan fingerprint density at radius 1 is 0.929 bits per heavy atom. The SMILES string of the molecule is CN(C)CCCc1ccccc1Nc1cnccc1NC(=O)c1ccccc1. The van der Waals surface area contributed by atoms with Crippen LogP contribution in [0, 0.1) is 0 Å². The van der Waals surface area contributed by atoms with E-state index in [0.717, 1.165) is 30.8 Å². The summed E-state index contributed by atoms with van der Waals surface area (Å²) in [4.78, 5) is 18.9. The Bertz CT molecular complexity index is 909. The lowest BCUT2D eigenvalue weighted by atomic mass is 10.1. The Hall–Kier alpha value is -3.18. The molecule has 144 valence electrons. The van der Waals surface area contributed by atoms with Crippen molar-refractivity contribution >= 4 is 23.0 Å². The molecule has 0 aliphatic rings. The molecule has 3 rings (SSSR count). The predicted octanol–water partition coefficient (Wildman–Crippen LogP) is 4.57. The normalized spacial score (nSPS) is 10.7. The summed E-state index contributed by atoms with van der Waals surface area (Å²) < 4.78 is 0. The van der Waals surface area contributed by atoms with Gasteiger partial charge >= 0.3 is 0 Å². The molecule has 0 spiro atoms. The van der Waals surface area contributed by atoms with Crippen LogP contribution < -0.4 is 10.6 Å². The van der Waals surface area contributed by atoms with Crippen LogP contribution in [0.1, 0.15) is 22.3 Å². The second kappa shape index (κ2) is 9.67. The van der Waals surface area contributed by atoms with Gasteiger partial charge in [0, 0.05) is 17.4 Å². The minimum atomic E-state index is -0.144. The quantitative estimate of drug-likeness (QED) is 0.606. The highest BCUT2D eigenvalue weighted by atomic mass is 16.1. The van der Waals surface area contributed by atoms with E-state index in [9.17, 15) is 4.79 Å². The average molecular weight is 374 g/mol. The topological polar surface area (TPSA) is 57.3 Å². The van der Waals surface area contributed by atoms with E-state index in [-0.39, 0.29) is 5.91 Å². The van der Waals surface area contributed by atoms with Crippen molar-refractivity contribution in [3.05, 3.63) is 84.2 Å². The van der Waals surface area contributed by atoms with E-state index in [1.165, 1.54) is 5.56 Å². The first-order valence-corrected chi connectivity index (χ1v) is 9.43. The average Bonchev–Trinajstić information content (AvgIpc) is 2.71. The third-order valence-corrected chi connectivity index (χ3v) is 4.44. The van der Waals surface area contributed by atoms with Gasteiger partial charge in [0.2, 0.25) is 0 Å². The third kappa shape index (κ3) is 5.41. The summed E-state index contributed by atoms with van der Waals surface area (Å²) >= 11 is 0. The molecule has 5 heteroatoms. The number of carbonyl (C=O) groups is 1. The van der Waals surface area contributed by atoms with Crippen molar-refractivity contribution in [3.63, 3.8) is 0 Å². The second-order valence-corrected chi connectivity index (χ2v) is 6.93. The van der Waals surface area contributed by atoms with Crippen LogP contribution in [0.25, 0.3) is 0 Å². The van der Waals surface area contributed by atoms with Gasteiger partial charge in [-0.25, -0.2) is 0 Å². The predicted molar refractivity (Wildman–Crippen MR) is 115 cm³/mol. The van der Waals surface area contributed by atoms with Crippen molar-refractivity contribution in [2.24, 2.45) is 0 Å². The van der Waals surface area contributed by atoms with E-state index in [1.54, 1.807) is 30.6 Å². The van der Waals surface area contributed by atoms with Gasteiger partial charge in [-0.3, -0.25) is 9.78 Å². The van der Waals surface area contributed by atoms with Crippen LogP contribution >= 0.6 is 0 Å². The van der Waals surface area contributed by atoms with E-state index >= 15 is 0 Å². The number of carbonyl (C=O) groups excluding carboxylic acids is 1. The van der Waals surface area contributed by atoms with Crippen molar-refractivity contribution < 1.29 is 4.79 Å². The van der Waals surface area contributed by atoms with Gasteiger partial charge in [0.15, 0.2) is 0 Å². The summed E-state index contributed by atoms with van der Waals surface area (Å²) in [7, 11) is 4.17. The van der Waals surface area contributed by atoms with E-state index in [0.29, 0.717) is 11.3 Å². The molecule has 28 heavy (non-hydrogen) atoms. The zero-order chi connectivity index (χ0) is 19.8. The summed E-state index contributed by atoms with van der Waals surface area (Å²) in [5.74, 6) is -0.144. The van der Waals surface area contributed by atoms with Gasteiger partial charge < -0.3 is 15.5 Å². The van der Waals surface area contributed by atoms with Gasteiger partial charge in [0.05, 0.1) is 17.6 Å². The van der Waals surface area contributed by atoms with Crippen molar-refractivity contribution in [3.8, 4) is 0 Å². The molecular formula is C23H26N4O. The zero-order valence-electron chi connectivity index (χ0n) is 16.4. The first-order valence-electron chi connectivity index (χ1n) is 9.43. The maximum Gasteiger partial charge on any atom is 0.255 e. The Labute approximate surface area is 166 Å². The number of nitrogens with zero attached hydrogens (tertiary/aromatic N) is 2. The lowest BCUT2D eigenvalue weighted by molar-refractivity contribution is 0.102. The summed E-state index contributed by atoms with van der Waals surface area (Å²) in [6.07, 6.45) is 5.47. The number of anilines is 3. The maximum atomic E-state index is 12.5. The molecule has 0 atom stereocenters. The first-order chi connectivity index (χ1) is 13.6. The van der Waals surface area contributed by atoms with Crippen molar-refractivity contribution in [1.29, 1.82) is 0 Å². The fourth-order valence-electron chi connectivity index (χ4n) is 2.98. The Balaban J connectivity index is 1.76.